The van der Waals surface area contributed by atoms with E-state index in [9.17, 15) is 18.0 Å². The van der Waals surface area contributed by atoms with Crippen LogP contribution in [0.2, 0.25) is 0 Å². The number of halogens is 3. The Morgan fingerprint density at radius 3 is 2.77 bits per heavy atom. The molecule has 3 fully saturated rings. The summed E-state index contributed by atoms with van der Waals surface area (Å²) >= 11 is 0. The van der Waals surface area contributed by atoms with Gasteiger partial charge in [-0.05, 0) is 38.3 Å². The maximum Gasteiger partial charge on any atom is 0.391 e. The fraction of sp³-hybridized carbons (Fsp3) is 0.700. The van der Waals surface area contributed by atoms with Crippen molar-refractivity contribution >= 4 is 6.03 Å². The van der Waals surface area contributed by atoms with E-state index in [4.69, 9.17) is 14.2 Å². The first-order chi connectivity index (χ1) is 14.3. The Labute approximate surface area is 172 Å². The maximum absolute atomic E-state index is 13.0. The molecule has 3 aliphatic rings. The molecule has 1 saturated carbocycles. The van der Waals surface area contributed by atoms with E-state index >= 15 is 0 Å². The van der Waals surface area contributed by atoms with Crippen molar-refractivity contribution in [2.24, 2.45) is 5.92 Å². The number of alkyl halides is 3. The summed E-state index contributed by atoms with van der Waals surface area (Å²) in [5.74, 6) is -0.705. The van der Waals surface area contributed by atoms with Crippen LogP contribution >= 0.6 is 0 Å². The molecule has 0 bridgehead atoms. The SMILES string of the molecule is Cc1ncccc1O[C@H]1CO[C@H]2[C@@H]1OC[C@@H]2NC(=O)NC1CCCC(C(F)(F)F)C1. The number of hydrogen-bond donors (Lipinski definition) is 2. The predicted molar refractivity (Wildman–Crippen MR) is 100 cm³/mol. The summed E-state index contributed by atoms with van der Waals surface area (Å²) < 4.78 is 56.5. The summed E-state index contributed by atoms with van der Waals surface area (Å²) in [5, 5.41) is 5.48. The smallest absolute Gasteiger partial charge is 0.391 e. The minimum absolute atomic E-state index is 0.0823. The van der Waals surface area contributed by atoms with E-state index in [2.05, 4.69) is 15.6 Å². The predicted octanol–water partition coefficient (Wildman–Crippen LogP) is 2.72. The zero-order valence-corrected chi connectivity index (χ0v) is 16.7. The molecule has 2 unspecified atom stereocenters. The summed E-state index contributed by atoms with van der Waals surface area (Å²) in [7, 11) is 0. The second-order valence-corrected chi connectivity index (χ2v) is 8.17. The molecule has 30 heavy (non-hydrogen) atoms. The van der Waals surface area contributed by atoms with Gasteiger partial charge in [-0.15, -0.1) is 0 Å². The molecular weight excluding hydrogens is 403 g/mol. The van der Waals surface area contributed by atoms with Gasteiger partial charge in [0.05, 0.1) is 30.9 Å². The monoisotopic (exact) mass is 429 g/mol. The Hall–Kier alpha value is -2.07. The zero-order chi connectivity index (χ0) is 21.3. The first kappa shape index (κ1) is 21.2. The van der Waals surface area contributed by atoms with E-state index in [0.717, 1.165) is 5.69 Å². The van der Waals surface area contributed by atoms with Gasteiger partial charge in [0.2, 0.25) is 0 Å². The number of pyridine rings is 1. The number of carbonyl (C=O) groups is 1. The molecule has 1 aliphatic carbocycles. The highest BCUT2D eigenvalue weighted by atomic mass is 19.4. The van der Waals surface area contributed by atoms with E-state index in [1.165, 1.54) is 0 Å². The number of aryl methyl sites for hydroxylation is 1. The van der Waals surface area contributed by atoms with Gasteiger partial charge in [-0.25, -0.2) is 4.79 Å². The van der Waals surface area contributed by atoms with Crippen molar-refractivity contribution in [3.8, 4) is 5.75 Å². The molecule has 2 N–H and O–H groups in total. The third-order valence-electron chi connectivity index (χ3n) is 6.03. The molecule has 10 heteroatoms. The lowest BCUT2D eigenvalue weighted by atomic mass is 9.85. The molecular formula is C20H26F3N3O4. The molecule has 6 atom stereocenters. The molecule has 2 amide bonds. The first-order valence-corrected chi connectivity index (χ1v) is 10.3. The van der Waals surface area contributed by atoms with Crippen molar-refractivity contribution in [3.05, 3.63) is 24.0 Å². The van der Waals surface area contributed by atoms with E-state index < -0.39 is 24.2 Å². The fourth-order valence-corrected chi connectivity index (χ4v) is 4.46. The number of carbonyl (C=O) groups excluding carboxylic acids is 1. The van der Waals surface area contributed by atoms with Crippen molar-refractivity contribution in [1.29, 1.82) is 0 Å². The lowest BCUT2D eigenvalue weighted by molar-refractivity contribution is -0.183. The van der Waals surface area contributed by atoms with Gasteiger partial charge in [0.25, 0.3) is 0 Å². The average molecular weight is 429 g/mol. The molecule has 1 aromatic rings. The van der Waals surface area contributed by atoms with E-state index in [-0.39, 0.29) is 43.8 Å². The van der Waals surface area contributed by atoms with Crippen molar-refractivity contribution in [1.82, 2.24) is 15.6 Å². The van der Waals surface area contributed by atoms with E-state index in [0.29, 0.717) is 25.2 Å². The average Bonchev–Trinajstić information content (AvgIpc) is 3.27. The summed E-state index contributed by atoms with van der Waals surface area (Å²) in [4.78, 5) is 16.6. The second kappa shape index (κ2) is 8.58. The maximum atomic E-state index is 13.0. The first-order valence-electron chi connectivity index (χ1n) is 10.3. The lowest BCUT2D eigenvalue weighted by Crippen LogP contribution is -2.52. The molecule has 3 heterocycles. The number of aromatic nitrogens is 1. The third-order valence-corrected chi connectivity index (χ3v) is 6.03. The van der Waals surface area contributed by atoms with Crippen molar-refractivity contribution in [3.63, 3.8) is 0 Å². The molecule has 0 radical (unpaired) electrons. The van der Waals surface area contributed by atoms with Crippen LogP contribution in [0.5, 0.6) is 5.75 Å². The number of hydrogen-bond acceptors (Lipinski definition) is 5. The topological polar surface area (TPSA) is 81.7 Å². The Balaban J connectivity index is 1.28. The Bertz CT molecular complexity index is 763. The van der Waals surface area contributed by atoms with Crippen molar-refractivity contribution < 1.29 is 32.2 Å². The van der Waals surface area contributed by atoms with Crippen molar-refractivity contribution in [2.45, 2.75) is 69.2 Å². The molecule has 4 rings (SSSR count). The second-order valence-electron chi connectivity index (χ2n) is 8.17. The molecule has 0 aromatic carbocycles. The van der Waals surface area contributed by atoms with Crippen LogP contribution in [0, 0.1) is 12.8 Å². The van der Waals surface area contributed by atoms with E-state index in [1.54, 1.807) is 12.3 Å². The molecule has 0 spiro atoms. The molecule has 2 saturated heterocycles. The highest BCUT2D eigenvalue weighted by molar-refractivity contribution is 5.74. The molecule has 166 valence electrons. The van der Waals surface area contributed by atoms with Crippen LogP contribution in [-0.4, -0.2) is 60.8 Å². The minimum atomic E-state index is -4.22. The molecule has 7 nitrogen and oxygen atoms in total. The lowest BCUT2D eigenvalue weighted by Gasteiger charge is -2.31. The van der Waals surface area contributed by atoms with Gasteiger partial charge in [-0.1, -0.05) is 6.42 Å². The Morgan fingerprint density at radius 2 is 2.00 bits per heavy atom. The van der Waals surface area contributed by atoms with Crippen LogP contribution in [0.25, 0.3) is 0 Å². The summed E-state index contributed by atoms with van der Waals surface area (Å²) in [6.07, 6.45) is -2.53. The highest BCUT2D eigenvalue weighted by Crippen LogP contribution is 2.37. The largest absolute Gasteiger partial charge is 0.483 e. The van der Waals surface area contributed by atoms with Crippen LogP contribution in [0.15, 0.2) is 18.3 Å². The van der Waals surface area contributed by atoms with Crippen LogP contribution in [0.4, 0.5) is 18.0 Å². The van der Waals surface area contributed by atoms with E-state index in [1.807, 2.05) is 13.0 Å². The van der Waals surface area contributed by atoms with Crippen molar-refractivity contribution in [2.75, 3.05) is 13.2 Å². The number of rotatable bonds is 4. The van der Waals surface area contributed by atoms with Gasteiger partial charge in [0.1, 0.15) is 18.0 Å². The van der Waals surface area contributed by atoms with Crippen LogP contribution in [-0.2, 0) is 9.47 Å². The number of nitrogens with one attached hydrogen (secondary N) is 2. The van der Waals surface area contributed by atoms with Crippen LogP contribution in [0.1, 0.15) is 31.4 Å². The number of urea groups is 1. The van der Waals surface area contributed by atoms with Gasteiger partial charge in [0, 0.05) is 12.2 Å². The molecule has 1 aromatic heterocycles. The Kier molecular flexibility index (Phi) is 6.06. The molecule has 2 aliphatic heterocycles. The Morgan fingerprint density at radius 1 is 1.20 bits per heavy atom. The van der Waals surface area contributed by atoms with Crippen LogP contribution in [0.3, 0.4) is 0 Å². The van der Waals surface area contributed by atoms with Gasteiger partial charge in [0.15, 0.2) is 6.10 Å². The summed E-state index contributed by atoms with van der Waals surface area (Å²) in [6, 6.07) is 2.24. The zero-order valence-electron chi connectivity index (χ0n) is 16.7. The quantitative estimate of drug-likeness (QED) is 0.769. The summed E-state index contributed by atoms with van der Waals surface area (Å²) in [6.45, 7) is 2.42. The van der Waals surface area contributed by atoms with Gasteiger partial charge < -0.3 is 24.8 Å². The highest BCUT2D eigenvalue weighted by Gasteiger charge is 2.50. The normalized spacial score (nSPS) is 33.7. The number of nitrogens with zero attached hydrogens (tertiary/aromatic N) is 1. The van der Waals surface area contributed by atoms with Gasteiger partial charge in [-0.2, -0.15) is 13.2 Å². The summed E-state index contributed by atoms with van der Waals surface area (Å²) in [5.41, 5.74) is 0.762. The third kappa shape index (κ3) is 4.64. The standard InChI is InChI=1S/C20H26F3N3O4/c1-11-15(6-3-7-24-11)30-16-10-29-17-14(9-28-18(16)17)26-19(27)25-13-5-2-4-12(8-13)20(21,22)23/h3,6-7,12-14,16-18H,2,4-5,8-10H2,1H3,(H2,25,26,27)/t12?,13?,14-,16-,17+,18+/m0/s1. The fourth-order valence-electron chi connectivity index (χ4n) is 4.46. The number of amides is 2. The van der Waals surface area contributed by atoms with Gasteiger partial charge in [-0.3, -0.25) is 4.98 Å². The van der Waals surface area contributed by atoms with Crippen LogP contribution < -0.4 is 15.4 Å². The van der Waals surface area contributed by atoms with Gasteiger partial charge >= 0.3 is 12.2 Å². The number of fused-ring (bicyclic) bond motifs is 1. The minimum Gasteiger partial charge on any atom is -0.483 e. The number of ether oxygens (including phenoxy) is 3.